The van der Waals surface area contributed by atoms with Gasteiger partial charge in [0.15, 0.2) is 0 Å². The van der Waals surface area contributed by atoms with E-state index in [4.69, 9.17) is 23.2 Å². The maximum Gasteiger partial charge on any atom is 0.266 e. The molecule has 108 valence electrons. The van der Waals surface area contributed by atoms with Gasteiger partial charge >= 0.3 is 0 Å². The molecule has 6 heteroatoms. The van der Waals surface area contributed by atoms with Gasteiger partial charge in [0.25, 0.3) is 3.00 Å². The number of hydrogen-bond acceptors (Lipinski definition) is 3. The topological polar surface area (TPSA) is 34.1 Å². The van der Waals surface area contributed by atoms with Crippen molar-refractivity contribution in [2.24, 2.45) is 0 Å². The van der Waals surface area contributed by atoms with Crippen LogP contribution in [-0.2, 0) is 9.84 Å². The molecule has 0 atom stereocenters. The van der Waals surface area contributed by atoms with E-state index in [0.29, 0.717) is 0 Å². The van der Waals surface area contributed by atoms with Crippen molar-refractivity contribution in [3.05, 3.63) is 66.2 Å². The third kappa shape index (κ3) is 5.02. The lowest BCUT2D eigenvalue weighted by Gasteiger charge is -2.12. The van der Waals surface area contributed by atoms with Crippen LogP contribution in [0.2, 0.25) is 0 Å². The van der Waals surface area contributed by atoms with E-state index in [2.05, 4.69) is 31.7 Å². The second kappa shape index (κ2) is 7.36. The van der Waals surface area contributed by atoms with Gasteiger partial charge in [-0.05, 0) is 19.1 Å². The molecule has 0 aliphatic heterocycles. The molecule has 2 aromatic carbocycles. The Morgan fingerprint density at radius 3 is 1.60 bits per heavy atom. The minimum atomic E-state index is -3.78. The Balaban J connectivity index is 0.000000240. The van der Waals surface area contributed by atoms with Crippen molar-refractivity contribution in [1.29, 1.82) is 0 Å². The summed E-state index contributed by atoms with van der Waals surface area (Å²) in [4.78, 5) is 0.0509. The Morgan fingerprint density at radius 1 is 0.900 bits per heavy atom. The van der Waals surface area contributed by atoms with Crippen LogP contribution in [-0.4, -0.2) is 11.4 Å². The summed E-state index contributed by atoms with van der Waals surface area (Å²) < 4.78 is 20.9. The quantitative estimate of drug-likeness (QED) is 0.641. The highest BCUT2D eigenvalue weighted by Crippen LogP contribution is 2.36. The summed E-state index contributed by atoms with van der Waals surface area (Å²) >= 11 is 14.4. The molecule has 0 radical (unpaired) electrons. The van der Waals surface area contributed by atoms with Gasteiger partial charge in [-0.1, -0.05) is 77.3 Å². The van der Waals surface area contributed by atoms with E-state index in [1.165, 1.54) is 17.7 Å². The molecule has 0 fully saturated rings. The Kier molecular flexibility index (Phi) is 6.40. The van der Waals surface area contributed by atoms with Crippen LogP contribution in [0.5, 0.6) is 0 Å². The first kappa shape index (κ1) is 17.4. The molecule has 0 aliphatic carbocycles. The van der Waals surface area contributed by atoms with Crippen molar-refractivity contribution in [3.63, 3.8) is 0 Å². The molecule has 0 N–H and O–H groups in total. The molecule has 0 saturated carbocycles. The smallest absolute Gasteiger partial charge is 0.220 e. The van der Waals surface area contributed by atoms with Crippen molar-refractivity contribution in [2.45, 2.75) is 14.8 Å². The third-order valence-electron chi connectivity index (χ3n) is 2.32. The zero-order chi connectivity index (χ0) is 15.2. The molecular weight excluding hydrogens is 335 g/mol. The lowest BCUT2D eigenvalue weighted by atomic mass is 10.2. The average molecular weight is 349 g/mol. The first-order valence-electron chi connectivity index (χ1n) is 5.66. The molecule has 0 unspecified atom stereocenters. The van der Waals surface area contributed by atoms with E-state index >= 15 is 0 Å². The van der Waals surface area contributed by atoms with Gasteiger partial charge < -0.3 is 0 Å². The predicted octanol–water partition coefficient (Wildman–Crippen LogP) is 4.47. The molecular formula is C14H14Cl2O2S2. The van der Waals surface area contributed by atoms with E-state index < -0.39 is 12.8 Å². The fourth-order valence-electron chi connectivity index (χ4n) is 1.28. The lowest BCUT2D eigenvalue weighted by molar-refractivity contribution is 0.597. The van der Waals surface area contributed by atoms with Crippen LogP contribution in [0, 0.1) is 6.92 Å². The van der Waals surface area contributed by atoms with E-state index in [-0.39, 0.29) is 4.90 Å². The van der Waals surface area contributed by atoms with E-state index in [9.17, 15) is 8.42 Å². The second-order valence-corrected chi connectivity index (χ2v) is 9.32. The standard InChI is InChI=1S/C7H6Cl2O2S2.C7H8/c8-7(9,12)13(10,11)6-4-2-1-3-5-6;1-7-5-3-2-4-6-7/h1-5,12H;2-6H,1H3. The molecule has 0 spiro atoms. The predicted molar refractivity (Wildman–Crippen MR) is 88.2 cm³/mol. The normalized spacial score (nSPS) is 11.4. The fourth-order valence-corrected chi connectivity index (χ4v) is 2.93. The number of hydrogen-bond donors (Lipinski definition) is 1. The van der Waals surface area contributed by atoms with Gasteiger partial charge in [-0.25, -0.2) is 8.42 Å². The van der Waals surface area contributed by atoms with Crippen LogP contribution in [0.25, 0.3) is 0 Å². The summed E-state index contributed by atoms with van der Waals surface area (Å²) in [7, 11) is -3.78. The highest BCUT2D eigenvalue weighted by molar-refractivity contribution is 8.10. The summed E-state index contributed by atoms with van der Waals surface area (Å²) in [5, 5.41) is 0. The molecule has 0 amide bonds. The Bertz CT molecular complexity index is 621. The molecule has 0 aromatic heterocycles. The molecule has 2 nitrogen and oxygen atoms in total. The zero-order valence-electron chi connectivity index (χ0n) is 10.7. The highest BCUT2D eigenvalue weighted by atomic mass is 35.5. The largest absolute Gasteiger partial charge is 0.266 e. The maximum atomic E-state index is 11.5. The van der Waals surface area contributed by atoms with Gasteiger partial charge in [0.2, 0.25) is 9.84 Å². The summed E-state index contributed by atoms with van der Waals surface area (Å²) in [5.74, 6) is 0. The Hall–Kier alpha value is -0.680. The summed E-state index contributed by atoms with van der Waals surface area (Å²) in [6, 6.07) is 17.9. The maximum absolute atomic E-state index is 11.5. The van der Waals surface area contributed by atoms with Crippen LogP contribution in [0.3, 0.4) is 0 Å². The molecule has 0 heterocycles. The average Bonchev–Trinajstić information content (AvgIpc) is 2.40. The minimum absolute atomic E-state index is 0.0509. The number of thiol groups is 1. The van der Waals surface area contributed by atoms with Crippen LogP contribution >= 0.6 is 35.8 Å². The van der Waals surface area contributed by atoms with Crippen LogP contribution in [0.4, 0.5) is 0 Å². The molecule has 0 aliphatic rings. The molecule has 0 bridgehead atoms. The van der Waals surface area contributed by atoms with E-state index in [1.54, 1.807) is 18.2 Å². The lowest BCUT2D eigenvalue weighted by Crippen LogP contribution is -2.19. The second-order valence-electron chi connectivity index (χ2n) is 3.96. The zero-order valence-corrected chi connectivity index (χ0v) is 13.9. The van der Waals surface area contributed by atoms with Gasteiger partial charge in [0, 0.05) is 0 Å². The van der Waals surface area contributed by atoms with Gasteiger partial charge in [-0.15, -0.1) is 12.6 Å². The number of sulfone groups is 1. The SMILES string of the molecule is Cc1ccccc1.O=S(=O)(c1ccccc1)C(S)(Cl)Cl. The van der Waals surface area contributed by atoms with Gasteiger partial charge in [0.05, 0.1) is 4.90 Å². The monoisotopic (exact) mass is 348 g/mol. The van der Waals surface area contributed by atoms with Gasteiger partial charge in [0.1, 0.15) is 0 Å². The van der Waals surface area contributed by atoms with Crippen molar-refractivity contribution in [2.75, 3.05) is 0 Å². The summed E-state index contributed by atoms with van der Waals surface area (Å²) in [6.07, 6.45) is 0. The number of alkyl halides is 2. The molecule has 0 saturated heterocycles. The Morgan fingerprint density at radius 2 is 1.30 bits per heavy atom. The molecule has 2 rings (SSSR count). The van der Waals surface area contributed by atoms with Crippen molar-refractivity contribution >= 4 is 45.7 Å². The first-order chi connectivity index (χ1) is 9.25. The van der Waals surface area contributed by atoms with E-state index in [1.807, 2.05) is 18.2 Å². The molecule has 2 aromatic rings. The minimum Gasteiger partial charge on any atom is -0.220 e. The number of benzene rings is 2. The number of aryl methyl sites for hydroxylation is 1. The first-order valence-corrected chi connectivity index (χ1v) is 8.35. The Labute approximate surface area is 135 Å². The highest BCUT2D eigenvalue weighted by Gasteiger charge is 2.37. The van der Waals surface area contributed by atoms with Crippen LogP contribution < -0.4 is 0 Å². The summed E-state index contributed by atoms with van der Waals surface area (Å²) in [5.41, 5.74) is 1.32. The van der Waals surface area contributed by atoms with Crippen molar-refractivity contribution < 1.29 is 8.42 Å². The number of rotatable bonds is 2. The van der Waals surface area contributed by atoms with Crippen molar-refractivity contribution in [3.8, 4) is 0 Å². The number of halogens is 2. The van der Waals surface area contributed by atoms with Crippen LogP contribution in [0.1, 0.15) is 5.56 Å². The van der Waals surface area contributed by atoms with Gasteiger partial charge in [-0.3, -0.25) is 0 Å². The van der Waals surface area contributed by atoms with Crippen LogP contribution in [0.15, 0.2) is 65.6 Å². The third-order valence-corrected chi connectivity index (χ3v) is 5.80. The van der Waals surface area contributed by atoms with Crippen molar-refractivity contribution in [1.82, 2.24) is 0 Å². The van der Waals surface area contributed by atoms with E-state index in [0.717, 1.165) is 0 Å². The summed E-state index contributed by atoms with van der Waals surface area (Å²) in [6.45, 7) is 2.08. The fraction of sp³-hybridized carbons (Fsp3) is 0.143. The van der Waals surface area contributed by atoms with Gasteiger partial charge in [-0.2, -0.15) is 0 Å². The molecule has 20 heavy (non-hydrogen) atoms.